The lowest BCUT2D eigenvalue weighted by Gasteiger charge is -2.35. The number of unbranched alkanes of at least 4 members (excludes halogenated alkanes) is 1. The number of amides is 1. The molecule has 1 rings (SSSR count). The van der Waals surface area contributed by atoms with E-state index in [1.165, 1.54) is 0 Å². The Morgan fingerprint density at radius 1 is 1.38 bits per heavy atom. The molecule has 1 aliphatic heterocycles. The molecule has 0 aromatic heterocycles. The van der Waals surface area contributed by atoms with E-state index < -0.39 is 0 Å². The summed E-state index contributed by atoms with van der Waals surface area (Å²) >= 11 is 0. The summed E-state index contributed by atoms with van der Waals surface area (Å²) in [7, 11) is 1.73. The molecule has 1 heterocycles. The molecule has 0 aliphatic carbocycles. The first-order valence-electron chi connectivity index (χ1n) is 8.38. The van der Waals surface area contributed by atoms with Gasteiger partial charge in [0.1, 0.15) is 0 Å². The maximum atomic E-state index is 12.7. The number of rotatable bonds is 9. The predicted molar refractivity (Wildman–Crippen MR) is 87.1 cm³/mol. The first kappa shape index (κ1) is 18.4. The molecule has 1 aliphatic rings. The van der Waals surface area contributed by atoms with Gasteiger partial charge in [0, 0.05) is 20.3 Å². The molecule has 0 bridgehead atoms. The summed E-state index contributed by atoms with van der Waals surface area (Å²) in [6, 6.07) is 0.00979. The fourth-order valence-corrected chi connectivity index (χ4v) is 2.97. The minimum absolute atomic E-state index is 0.00979. The first-order chi connectivity index (χ1) is 9.82. The third kappa shape index (κ3) is 5.26. The van der Waals surface area contributed by atoms with E-state index in [0.717, 1.165) is 38.8 Å². The SMILES string of the molecule is CCCCC1NC(C(C)C)N(CC(C)(C)CCOC)C1=O. The Hall–Kier alpha value is -0.610. The summed E-state index contributed by atoms with van der Waals surface area (Å²) in [5.41, 5.74) is 0.0835. The van der Waals surface area contributed by atoms with Gasteiger partial charge in [-0.2, -0.15) is 0 Å². The van der Waals surface area contributed by atoms with Crippen LogP contribution in [0.2, 0.25) is 0 Å². The van der Waals surface area contributed by atoms with Crippen molar-refractivity contribution < 1.29 is 9.53 Å². The Labute approximate surface area is 130 Å². The Balaban J connectivity index is 2.73. The van der Waals surface area contributed by atoms with Crippen LogP contribution < -0.4 is 5.32 Å². The van der Waals surface area contributed by atoms with Crippen molar-refractivity contribution in [1.29, 1.82) is 0 Å². The summed E-state index contributed by atoms with van der Waals surface area (Å²) < 4.78 is 5.20. The number of ether oxygens (including phenoxy) is 1. The van der Waals surface area contributed by atoms with Crippen LogP contribution in [0.1, 0.15) is 60.3 Å². The van der Waals surface area contributed by atoms with Crippen molar-refractivity contribution in [2.45, 2.75) is 72.5 Å². The molecule has 21 heavy (non-hydrogen) atoms. The van der Waals surface area contributed by atoms with Crippen molar-refractivity contribution in [3.63, 3.8) is 0 Å². The number of hydrogen-bond acceptors (Lipinski definition) is 3. The van der Waals surface area contributed by atoms with Gasteiger partial charge < -0.3 is 9.64 Å². The van der Waals surface area contributed by atoms with E-state index in [0.29, 0.717) is 5.92 Å². The highest BCUT2D eigenvalue weighted by Crippen LogP contribution is 2.28. The Morgan fingerprint density at radius 2 is 2.05 bits per heavy atom. The highest BCUT2D eigenvalue weighted by atomic mass is 16.5. The zero-order chi connectivity index (χ0) is 16.0. The molecule has 1 fully saturated rings. The largest absolute Gasteiger partial charge is 0.385 e. The van der Waals surface area contributed by atoms with E-state index in [1.54, 1.807) is 7.11 Å². The van der Waals surface area contributed by atoms with Crippen LogP contribution in [0.3, 0.4) is 0 Å². The van der Waals surface area contributed by atoms with Crippen molar-refractivity contribution in [2.75, 3.05) is 20.3 Å². The van der Waals surface area contributed by atoms with Crippen LogP contribution in [0.4, 0.5) is 0 Å². The predicted octanol–water partition coefficient (Wildman–Crippen LogP) is 3.02. The molecule has 4 heteroatoms. The van der Waals surface area contributed by atoms with Crippen LogP contribution in [0.25, 0.3) is 0 Å². The zero-order valence-electron chi connectivity index (χ0n) is 14.7. The molecule has 0 saturated carbocycles. The smallest absolute Gasteiger partial charge is 0.241 e. The molecule has 0 aromatic carbocycles. The lowest BCUT2D eigenvalue weighted by atomic mass is 9.88. The third-order valence-corrected chi connectivity index (χ3v) is 4.35. The van der Waals surface area contributed by atoms with Crippen LogP contribution in [0.15, 0.2) is 0 Å². The van der Waals surface area contributed by atoms with Crippen LogP contribution in [0, 0.1) is 11.3 Å². The fraction of sp³-hybridized carbons (Fsp3) is 0.941. The molecule has 4 nitrogen and oxygen atoms in total. The van der Waals surface area contributed by atoms with Crippen LogP contribution in [-0.2, 0) is 9.53 Å². The third-order valence-electron chi connectivity index (χ3n) is 4.35. The molecule has 1 amide bonds. The summed E-state index contributed by atoms with van der Waals surface area (Å²) in [5.74, 6) is 0.714. The quantitative estimate of drug-likeness (QED) is 0.711. The number of hydrogen-bond donors (Lipinski definition) is 1. The summed E-state index contributed by atoms with van der Waals surface area (Å²) in [6.45, 7) is 12.5. The summed E-state index contributed by atoms with van der Waals surface area (Å²) in [4.78, 5) is 14.8. The first-order valence-corrected chi connectivity index (χ1v) is 8.38. The normalized spacial score (nSPS) is 23.4. The number of nitrogens with zero attached hydrogens (tertiary/aromatic N) is 1. The van der Waals surface area contributed by atoms with Crippen molar-refractivity contribution in [3.05, 3.63) is 0 Å². The second kappa shape index (κ2) is 8.14. The Bertz CT molecular complexity index is 329. The van der Waals surface area contributed by atoms with Gasteiger partial charge in [-0.15, -0.1) is 0 Å². The lowest BCUT2D eigenvalue weighted by Crippen LogP contribution is -2.46. The molecule has 1 N–H and O–H groups in total. The molecular formula is C17H34N2O2. The van der Waals surface area contributed by atoms with Gasteiger partial charge in [0.25, 0.3) is 0 Å². The average Bonchev–Trinajstić information content (AvgIpc) is 2.71. The second-order valence-electron chi connectivity index (χ2n) is 7.42. The van der Waals surface area contributed by atoms with E-state index >= 15 is 0 Å². The van der Waals surface area contributed by atoms with Gasteiger partial charge in [-0.25, -0.2) is 0 Å². The molecule has 0 spiro atoms. The van der Waals surface area contributed by atoms with Gasteiger partial charge in [-0.05, 0) is 24.2 Å². The number of methoxy groups -OCH3 is 1. The van der Waals surface area contributed by atoms with Crippen molar-refractivity contribution in [3.8, 4) is 0 Å². The molecular weight excluding hydrogens is 264 g/mol. The van der Waals surface area contributed by atoms with Crippen LogP contribution in [-0.4, -0.2) is 43.3 Å². The number of nitrogens with one attached hydrogen (secondary N) is 1. The van der Waals surface area contributed by atoms with Crippen molar-refractivity contribution in [1.82, 2.24) is 10.2 Å². The van der Waals surface area contributed by atoms with Gasteiger partial charge in [0.05, 0.1) is 12.2 Å². The minimum Gasteiger partial charge on any atom is -0.385 e. The summed E-state index contributed by atoms with van der Waals surface area (Å²) in [5, 5.41) is 3.55. The maximum absolute atomic E-state index is 12.7. The molecule has 2 atom stereocenters. The maximum Gasteiger partial charge on any atom is 0.241 e. The van der Waals surface area contributed by atoms with Crippen molar-refractivity contribution >= 4 is 5.91 Å². The Morgan fingerprint density at radius 3 is 2.57 bits per heavy atom. The van der Waals surface area contributed by atoms with E-state index in [9.17, 15) is 4.79 Å². The fourth-order valence-electron chi connectivity index (χ4n) is 2.97. The number of carbonyl (C=O) groups is 1. The van der Waals surface area contributed by atoms with Crippen molar-refractivity contribution in [2.24, 2.45) is 11.3 Å². The zero-order valence-corrected chi connectivity index (χ0v) is 14.7. The number of carbonyl (C=O) groups excluding carboxylic acids is 1. The van der Waals surface area contributed by atoms with E-state index in [-0.39, 0.29) is 23.5 Å². The average molecular weight is 298 g/mol. The minimum atomic E-state index is 0.00979. The highest BCUT2D eigenvalue weighted by molar-refractivity contribution is 5.84. The Kier molecular flexibility index (Phi) is 7.14. The molecule has 0 radical (unpaired) electrons. The highest BCUT2D eigenvalue weighted by Gasteiger charge is 2.41. The van der Waals surface area contributed by atoms with E-state index in [4.69, 9.17) is 4.74 Å². The monoisotopic (exact) mass is 298 g/mol. The topological polar surface area (TPSA) is 41.6 Å². The van der Waals surface area contributed by atoms with Gasteiger partial charge in [-0.3, -0.25) is 10.1 Å². The van der Waals surface area contributed by atoms with Crippen LogP contribution >= 0.6 is 0 Å². The second-order valence-corrected chi connectivity index (χ2v) is 7.42. The summed E-state index contributed by atoms with van der Waals surface area (Å²) in [6.07, 6.45) is 4.33. The van der Waals surface area contributed by atoms with E-state index in [2.05, 4.69) is 44.8 Å². The van der Waals surface area contributed by atoms with E-state index in [1.807, 2.05) is 0 Å². The molecule has 124 valence electrons. The van der Waals surface area contributed by atoms with Gasteiger partial charge in [0.2, 0.25) is 5.91 Å². The van der Waals surface area contributed by atoms with Gasteiger partial charge >= 0.3 is 0 Å². The standard InChI is InChI=1S/C17H34N2O2/c1-7-8-9-14-16(20)19(15(18-14)13(2)3)12-17(4,5)10-11-21-6/h13-15,18H,7-12H2,1-6H3. The molecule has 2 unspecified atom stereocenters. The molecule has 0 aromatic rings. The van der Waals surface area contributed by atoms with Gasteiger partial charge in [0.15, 0.2) is 0 Å². The van der Waals surface area contributed by atoms with Crippen LogP contribution in [0.5, 0.6) is 0 Å². The van der Waals surface area contributed by atoms with Gasteiger partial charge in [-0.1, -0.05) is 47.5 Å². The lowest BCUT2D eigenvalue weighted by molar-refractivity contribution is -0.132. The molecule has 1 saturated heterocycles.